The van der Waals surface area contributed by atoms with Crippen LogP contribution in [0.3, 0.4) is 0 Å². The molecule has 0 aliphatic carbocycles. The lowest BCUT2D eigenvalue weighted by Gasteiger charge is -2.32. The molecule has 1 aromatic rings. The predicted molar refractivity (Wildman–Crippen MR) is 92.7 cm³/mol. The zero-order chi connectivity index (χ0) is 16.8. The lowest BCUT2D eigenvalue weighted by Crippen LogP contribution is -2.46. The van der Waals surface area contributed by atoms with Gasteiger partial charge in [-0.3, -0.25) is 9.78 Å². The summed E-state index contributed by atoms with van der Waals surface area (Å²) in [6.45, 7) is 6.48. The highest BCUT2D eigenvalue weighted by Gasteiger charge is 2.29. The number of ether oxygens (including phenoxy) is 1. The molecule has 0 radical (unpaired) electrons. The van der Waals surface area contributed by atoms with Crippen LogP contribution in [-0.4, -0.2) is 79.7 Å². The van der Waals surface area contributed by atoms with Crippen LogP contribution in [0.25, 0.3) is 0 Å². The summed E-state index contributed by atoms with van der Waals surface area (Å²) in [7, 11) is 2.15. The van der Waals surface area contributed by atoms with Crippen molar-refractivity contribution >= 4 is 5.91 Å². The third kappa shape index (κ3) is 5.00. The molecule has 2 aliphatic heterocycles. The number of nitrogens with one attached hydrogen (secondary N) is 1. The van der Waals surface area contributed by atoms with Crippen LogP contribution in [0.1, 0.15) is 12.0 Å². The number of piperazine rings is 1. The minimum Gasteiger partial charge on any atom is -0.379 e. The molecule has 2 fully saturated rings. The van der Waals surface area contributed by atoms with E-state index in [0.29, 0.717) is 25.6 Å². The van der Waals surface area contributed by atoms with Gasteiger partial charge >= 0.3 is 0 Å². The molecular formula is C18H28N4O2. The molecule has 6 heteroatoms. The first-order chi connectivity index (χ1) is 11.7. The first-order valence-corrected chi connectivity index (χ1v) is 8.87. The number of nitrogens with zero attached hydrogens (tertiary/aromatic N) is 3. The van der Waals surface area contributed by atoms with Gasteiger partial charge in [0.15, 0.2) is 0 Å². The molecular weight excluding hydrogens is 304 g/mol. The normalized spacial score (nSPS) is 25.7. The van der Waals surface area contributed by atoms with Crippen LogP contribution in [0.15, 0.2) is 24.5 Å². The summed E-state index contributed by atoms with van der Waals surface area (Å²) >= 11 is 0. The second-order valence-corrected chi connectivity index (χ2v) is 6.93. The van der Waals surface area contributed by atoms with E-state index in [1.807, 2.05) is 24.5 Å². The Morgan fingerprint density at radius 3 is 2.75 bits per heavy atom. The topological polar surface area (TPSA) is 57.7 Å². The molecule has 0 spiro atoms. The van der Waals surface area contributed by atoms with Gasteiger partial charge in [-0.1, -0.05) is 0 Å². The molecule has 1 aromatic heterocycles. The maximum atomic E-state index is 12.3. The fourth-order valence-corrected chi connectivity index (χ4v) is 3.39. The Morgan fingerprint density at radius 2 is 2.00 bits per heavy atom. The van der Waals surface area contributed by atoms with Gasteiger partial charge in [-0.2, -0.15) is 0 Å². The standard InChI is InChI=1S/C18H28N4O2/c1-21-8-10-22(11-9-21)7-4-18(23)20-17-14-24-13-16(17)12-15-2-5-19-6-3-15/h2-3,5-6,16-17H,4,7-14H2,1H3,(H,20,23)/t16-,17-/m1/s1. The van der Waals surface area contributed by atoms with E-state index in [1.165, 1.54) is 5.56 Å². The van der Waals surface area contributed by atoms with Gasteiger partial charge in [-0.15, -0.1) is 0 Å². The highest BCUT2D eigenvalue weighted by atomic mass is 16.5. The third-order valence-corrected chi connectivity index (χ3v) is 5.04. The highest BCUT2D eigenvalue weighted by molar-refractivity contribution is 5.76. The lowest BCUT2D eigenvalue weighted by molar-refractivity contribution is -0.122. The van der Waals surface area contributed by atoms with Crippen molar-refractivity contribution in [3.8, 4) is 0 Å². The zero-order valence-electron chi connectivity index (χ0n) is 14.5. The number of likely N-dealkylation sites (N-methyl/N-ethyl adjacent to an activating group) is 1. The predicted octanol–water partition coefficient (Wildman–Crippen LogP) is 0.393. The second-order valence-electron chi connectivity index (χ2n) is 6.93. The second kappa shape index (κ2) is 8.55. The van der Waals surface area contributed by atoms with Crippen molar-refractivity contribution in [1.82, 2.24) is 20.1 Å². The summed E-state index contributed by atoms with van der Waals surface area (Å²) in [6.07, 6.45) is 5.12. The van der Waals surface area contributed by atoms with Crippen molar-refractivity contribution in [1.29, 1.82) is 0 Å². The first kappa shape index (κ1) is 17.3. The summed E-state index contributed by atoms with van der Waals surface area (Å²) in [4.78, 5) is 21.0. The van der Waals surface area contributed by atoms with Gasteiger partial charge in [0, 0.05) is 57.5 Å². The monoisotopic (exact) mass is 332 g/mol. The van der Waals surface area contributed by atoms with Gasteiger partial charge in [0.05, 0.1) is 19.3 Å². The smallest absolute Gasteiger partial charge is 0.221 e. The largest absolute Gasteiger partial charge is 0.379 e. The lowest BCUT2D eigenvalue weighted by atomic mass is 9.95. The third-order valence-electron chi connectivity index (χ3n) is 5.04. The minimum atomic E-state index is 0.123. The van der Waals surface area contributed by atoms with E-state index in [0.717, 1.165) is 39.1 Å². The summed E-state index contributed by atoms with van der Waals surface area (Å²) in [5.74, 6) is 0.490. The number of aromatic nitrogens is 1. The molecule has 0 bridgehead atoms. The number of hydrogen-bond acceptors (Lipinski definition) is 5. The summed E-state index contributed by atoms with van der Waals surface area (Å²) in [6, 6.07) is 4.19. The minimum absolute atomic E-state index is 0.123. The Morgan fingerprint density at radius 1 is 1.25 bits per heavy atom. The molecule has 0 unspecified atom stereocenters. The van der Waals surface area contributed by atoms with Crippen molar-refractivity contribution < 1.29 is 9.53 Å². The van der Waals surface area contributed by atoms with E-state index in [1.54, 1.807) is 0 Å². The van der Waals surface area contributed by atoms with Crippen LogP contribution in [-0.2, 0) is 16.0 Å². The number of pyridine rings is 1. The van der Waals surface area contributed by atoms with Crippen LogP contribution in [0.5, 0.6) is 0 Å². The highest BCUT2D eigenvalue weighted by Crippen LogP contribution is 2.19. The van der Waals surface area contributed by atoms with Crippen LogP contribution >= 0.6 is 0 Å². The average Bonchev–Trinajstić information content (AvgIpc) is 3.02. The van der Waals surface area contributed by atoms with Gasteiger partial charge in [0.1, 0.15) is 0 Å². The van der Waals surface area contributed by atoms with Gasteiger partial charge in [0.2, 0.25) is 5.91 Å². The number of carbonyl (C=O) groups excluding carboxylic acids is 1. The number of hydrogen-bond donors (Lipinski definition) is 1. The molecule has 6 nitrogen and oxygen atoms in total. The van der Waals surface area contributed by atoms with E-state index in [4.69, 9.17) is 4.74 Å². The number of carbonyl (C=O) groups is 1. The molecule has 3 rings (SSSR count). The van der Waals surface area contributed by atoms with E-state index < -0.39 is 0 Å². The molecule has 2 saturated heterocycles. The Bertz CT molecular complexity index is 517. The molecule has 0 saturated carbocycles. The van der Waals surface area contributed by atoms with Gasteiger partial charge in [-0.05, 0) is 31.2 Å². The van der Waals surface area contributed by atoms with E-state index >= 15 is 0 Å². The Hall–Kier alpha value is -1.50. The zero-order valence-corrected chi connectivity index (χ0v) is 14.5. The van der Waals surface area contributed by atoms with Crippen molar-refractivity contribution in [2.75, 3.05) is 53.0 Å². The Balaban J connectivity index is 1.41. The SMILES string of the molecule is CN1CCN(CCC(=O)N[C@@H]2COC[C@H]2Cc2ccncc2)CC1. The van der Waals surface area contributed by atoms with Crippen LogP contribution in [0.4, 0.5) is 0 Å². The summed E-state index contributed by atoms with van der Waals surface area (Å²) in [5.41, 5.74) is 1.25. The molecule has 2 aliphatic rings. The van der Waals surface area contributed by atoms with Crippen molar-refractivity contribution in [2.24, 2.45) is 5.92 Å². The fraction of sp³-hybridized carbons (Fsp3) is 0.667. The molecule has 132 valence electrons. The molecule has 24 heavy (non-hydrogen) atoms. The quantitative estimate of drug-likeness (QED) is 0.817. The summed E-state index contributed by atoms with van der Waals surface area (Å²) < 4.78 is 5.60. The van der Waals surface area contributed by atoms with Gasteiger partial charge in [0.25, 0.3) is 0 Å². The molecule has 3 heterocycles. The van der Waals surface area contributed by atoms with Gasteiger partial charge < -0.3 is 19.9 Å². The van der Waals surface area contributed by atoms with Crippen LogP contribution in [0, 0.1) is 5.92 Å². The molecule has 0 aromatic carbocycles. The maximum Gasteiger partial charge on any atom is 0.221 e. The van der Waals surface area contributed by atoms with E-state index in [-0.39, 0.29) is 11.9 Å². The van der Waals surface area contributed by atoms with Crippen molar-refractivity contribution in [2.45, 2.75) is 18.9 Å². The summed E-state index contributed by atoms with van der Waals surface area (Å²) in [5, 5.41) is 3.18. The number of amides is 1. The average molecular weight is 332 g/mol. The van der Waals surface area contributed by atoms with E-state index in [2.05, 4.69) is 27.1 Å². The number of rotatable bonds is 6. The Kier molecular flexibility index (Phi) is 6.18. The molecule has 2 atom stereocenters. The molecule has 1 amide bonds. The maximum absolute atomic E-state index is 12.3. The van der Waals surface area contributed by atoms with Gasteiger partial charge in [-0.25, -0.2) is 0 Å². The van der Waals surface area contributed by atoms with Crippen molar-refractivity contribution in [3.63, 3.8) is 0 Å². The Labute approximate surface area is 144 Å². The van der Waals surface area contributed by atoms with E-state index in [9.17, 15) is 4.79 Å². The first-order valence-electron chi connectivity index (χ1n) is 8.87. The van der Waals surface area contributed by atoms with Crippen molar-refractivity contribution in [3.05, 3.63) is 30.1 Å². The fourth-order valence-electron chi connectivity index (χ4n) is 3.39. The molecule has 1 N–H and O–H groups in total. The van der Waals surface area contributed by atoms with Crippen LogP contribution < -0.4 is 5.32 Å². The van der Waals surface area contributed by atoms with Crippen LogP contribution in [0.2, 0.25) is 0 Å².